The summed E-state index contributed by atoms with van der Waals surface area (Å²) in [6.07, 6.45) is 0.0320. The lowest BCUT2D eigenvalue weighted by atomic mass is 10.0. The Kier molecular flexibility index (Phi) is 10.9. The maximum atomic E-state index is 11.2. The minimum absolute atomic E-state index is 0.135. The van der Waals surface area contributed by atoms with Crippen LogP contribution in [0.25, 0.3) is 0 Å². The third-order valence-corrected chi connectivity index (χ3v) is 5.63. The van der Waals surface area contributed by atoms with Crippen molar-refractivity contribution in [1.29, 1.82) is 0 Å². The molecule has 7 nitrogen and oxygen atoms in total. The molecule has 0 aliphatic carbocycles. The number of ether oxygens (including phenoxy) is 3. The fourth-order valence-electron chi connectivity index (χ4n) is 3.75. The zero-order valence-electron chi connectivity index (χ0n) is 20.9. The van der Waals surface area contributed by atoms with E-state index in [4.69, 9.17) is 14.2 Å². The highest BCUT2D eigenvalue weighted by Gasteiger charge is 2.14. The van der Waals surface area contributed by atoms with Gasteiger partial charge in [-0.15, -0.1) is 0 Å². The monoisotopic (exact) mass is 493 g/mol. The van der Waals surface area contributed by atoms with Gasteiger partial charge >= 0.3 is 5.97 Å². The molecule has 36 heavy (non-hydrogen) atoms. The number of carbonyl (C=O) groups excluding carboxylic acids is 1. The van der Waals surface area contributed by atoms with E-state index in [0.29, 0.717) is 43.2 Å². The first kappa shape index (κ1) is 27.4. The van der Waals surface area contributed by atoms with Crippen LogP contribution in [0.15, 0.2) is 72.8 Å². The first-order valence-electron chi connectivity index (χ1n) is 12.1. The lowest BCUT2D eigenvalue weighted by molar-refractivity contribution is -0.131. The number of benzene rings is 3. The summed E-state index contributed by atoms with van der Waals surface area (Å²) < 4.78 is 16.5. The van der Waals surface area contributed by atoms with Crippen molar-refractivity contribution in [1.82, 2.24) is 5.32 Å². The van der Waals surface area contributed by atoms with Gasteiger partial charge in [0.25, 0.3) is 0 Å². The van der Waals surface area contributed by atoms with E-state index < -0.39 is 12.1 Å². The number of aliphatic hydroxyl groups excluding tert-OH is 2. The standard InChI is InChI=1S/C29H35NO6/c1-21(30-18-28(33)25-10-13-29(36-22(2)32)26(17-25)19-31)16-23-8-11-27(12-9-23)35-15-14-34-20-24-6-4-3-5-7-24/h3-13,17,21,28,30-31,33H,14-16,18-20H2,1-2H3/t21-,28-/m0/s1. The van der Waals surface area contributed by atoms with Gasteiger partial charge in [0.1, 0.15) is 18.1 Å². The van der Waals surface area contributed by atoms with E-state index in [-0.39, 0.29) is 12.6 Å². The average Bonchev–Trinajstić information content (AvgIpc) is 2.88. The predicted octanol–water partition coefficient (Wildman–Crippen LogP) is 3.95. The summed E-state index contributed by atoms with van der Waals surface area (Å²) in [6, 6.07) is 23.1. The van der Waals surface area contributed by atoms with Crippen molar-refractivity contribution in [3.63, 3.8) is 0 Å². The van der Waals surface area contributed by atoms with E-state index in [1.807, 2.05) is 54.6 Å². The summed E-state index contributed by atoms with van der Waals surface area (Å²) >= 11 is 0. The molecule has 0 aliphatic heterocycles. The van der Waals surface area contributed by atoms with Crippen molar-refractivity contribution in [2.75, 3.05) is 19.8 Å². The second kappa shape index (κ2) is 14.4. The Balaban J connectivity index is 1.38. The molecule has 3 rings (SSSR count). The van der Waals surface area contributed by atoms with Crippen molar-refractivity contribution in [3.05, 3.63) is 95.1 Å². The van der Waals surface area contributed by atoms with E-state index in [9.17, 15) is 15.0 Å². The van der Waals surface area contributed by atoms with E-state index in [0.717, 1.165) is 23.3 Å². The zero-order valence-corrected chi connectivity index (χ0v) is 20.9. The number of aliphatic hydroxyl groups is 2. The van der Waals surface area contributed by atoms with Gasteiger partial charge in [-0.2, -0.15) is 0 Å². The first-order chi connectivity index (χ1) is 17.4. The fraction of sp³-hybridized carbons (Fsp3) is 0.345. The third-order valence-electron chi connectivity index (χ3n) is 5.63. The van der Waals surface area contributed by atoms with Gasteiger partial charge in [-0.1, -0.05) is 48.5 Å². The molecule has 0 bridgehead atoms. The Morgan fingerprint density at radius 2 is 1.72 bits per heavy atom. The molecule has 3 N–H and O–H groups in total. The number of rotatable bonds is 14. The molecule has 7 heteroatoms. The number of nitrogens with one attached hydrogen (secondary N) is 1. The molecule has 0 amide bonds. The molecule has 3 aromatic rings. The van der Waals surface area contributed by atoms with Gasteiger partial charge in [0.2, 0.25) is 0 Å². The summed E-state index contributed by atoms with van der Waals surface area (Å²) in [6.45, 7) is 5.01. The van der Waals surface area contributed by atoms with Crippen molar-refractivity contribution in [2.45, 2.75) is 45.6 Å². The summed E-state index contributed by atoms with van der Waals surface area (Å²) in [5, 5.41) is 23.5. The molecular formula is C29H35NO6. The number of esters is 1. The van der Waals surface area contributed by atoms with Crippen molar-refractivity contribution < 1.29 is 29.2 Å². The topological polar surface area (TPSA) is 97.3 Å². The van der Waals surface area contributed by atoms with E-state index in [1.165, 1.54) is 6.92 Å². The summed E-state index contributed by atoms with van der Waals surface area (Å²) in [5.74, 6) is 0.644. The molecular weight excluding hydrogens is 458 g/mol. The van der Waals surface area contributed by atoms with Gasteiger partial charge in [0, 0.05) is 25.1 Å². The Bertz CT molecular complexity index is 1070. The lowest BCUT2D eigenvalue weighted by Crippen LogP contribution is -2.32. The molecule has 0 heterocycles. The lowest BCUT2D eigenvalue weighted by Gasteiger charge is -2.19. The Morgan fingerprint density at radius 1 is 0.972 bits per heavy atom. The quantitative estimate of drug-likeness (QED) is 0.178. The SMILES string of the molecule is CC(=O)Oc1ccc([C@@H](O)CN[C@@H](C)Cc2ccc(OCCOCc3ccccc3)cc2)cc1CO. The summed E-state index contributed by atoms with van der Waals surface area (Å²) in [5.41, 5.74) is 3.40. The molecule has 3 aromatic carbocycles. The Morgan fingerprint density at radius 3 is 2.42 bits per heavy atom. The zero-order chi connectivity index (χ0) is 25.8. The molecule has 0 aromatic heterocycles. The van der Waals surface area contributed by atoms with Crippen LogP contribution in [0.3, 0.4) is 0 Å². The largest absolute Gasteiger partial charge is 0.491 e. The number of carbonyl (C=O) groups is 1. The highest BCUT2D eigenvalue weighted by Crippen LogP contribution is 2.24. The minimum Gasteiger partial charge on any atom is -0.491 e. The van der Waals surface area contributed by atoms with Crippen LogP contribution in [0.2, 0.25) is 0 Å². The van der Waals surface area contributed by atoms with E-state index in [2.05, 4.69) is 12.2 Å². The second-order valence-electron chi connectivity index (χ2n) is 8.68. The van der Waals surface area contributed by atoms with Crippen LogP contribution in [0.1, 0.15) is 42.2 Å². The van der Waals surface area contributed by atoms with Gasteiger partial charge in [0.05, 0.1) is 25.9 Å². The molecule has 2 atom stereocenters. The Labute approximate surface area is 212 Å². The van der Waals surface area contributed by atoms with Gasteiger partial charge in [-0.25, -0.2) is 0 Å². The predicted molar refractivity (Wildman–Crippen MR) is 138 cm³/mol. The fourth-order valence-corrected chi connectivity index (χ4v) is 3.75. The molecule has 192 valence electrons. The van der Waals surface area contributed by atoms with Crippen LogP contribution in [0.5, 0.6) is 11.5 Å². The second-order valence-corrected chi connectivity index (χ2v) is 8.68. The maximum Gasteiger partial charge on any atom is 0.308 e. The van der Waals surface area contributed by atoms with Gasteiger partial charge < -0.3 is 29.7 Å². The summed E-state index contributed by atoms with van der Waals surface area (Å²) in [7, 11) is 0. The summed E-state index contributed by atoms with van der Waals surface area (Å²) in [4.78, 5) is 11.2. The molecule has 0 saturated heterocycles. The molecule has 0 spiro atoms. The van der Waals surface area contributed by atoms with E-state index in [1.54, 1.807) is 18.2 Å². The van der Waals surface area contributed by atoms with Crippen LogP contribution in [0, 0.1) is 0 Å². The highest BCUT2D eigenvalue weighted by molar-refractivity contribution is 5.69. The van der Waals surface area contributed by atoms with Crippen LogP contribution in [0.4, 0.5) is 0 Å². The highest BCUT2D eigenvalue weighted by atomic mass is 16.5. The maximum absolute atomic E-state index is 11.2. The van der Waals surface area contributed by atoms with Crippen molar-refractivity contribution in [3.8, 4) is 11.5 Å². The molecule has 0 fully saturated rings. The molecule has 0 saturated carbocycles. The number of hydrogen-bond donors (Lipinski definition) is 3. The van der Waals surface area contributed by atoms with Gasteiger partial charge in [-0.3, -0.25) is 4.79 Å². The van der Waals surface area contributed by atoms with E-state index >= 15 is 0 Å². The normalized spacial score (nSPS) is 12.7. The average molecular weight is 494 g/mol. The molecule has 0 unspecified atom stereocenters. The van der Waals surface area contributed by atoms with Gasteiger partial charge in [0.15, 0.2) is 0 Å². The smallest absolute Gasteiger partial charge is 0.308 e. The minimum atomic E-state index is -0.760. The Hall–Kier alpha value is -3.23. The molecule has 0 radical (unpaired) electrons. The van der Waals surface area contributed by atoms with Crippen LogP contribution in [-0.4, -0.2) is 42.0 Å². The van der Waals surface area contributed by atoms with Crippen LogP contribution >= 0.6 is 0 Å². The van der Waals surface area contributed by atoms with Crippen LogP contribution in [-0.2, 0) is 29.2 Å². The van der Waals surface area contributed by atoms with Crippen LogP contribution < -0.4 is 14.8 Å². The number of hydrogen-bond acceptors (Lipinski definition) is 7. The molecule has 0 aliphatic rings. The van der Waals surface area contributed by atoms with Gasteiger partial charge in [-0.05, 0) is 54.3 Å². The van der Waals surface area contributed by atoms with Crippen molar-refractivity contribution in [2.24, 2.45) is 0 Å². The third kappa shape index (κ3) is 9.09. The van der Waals surface area contributed by atoms with Crippen molar-refractivity contribution >= 4 is 5.97 Å². The first-order valence-corrected chi connectivity index (χ1v) is 12.1.